The van der Waals surface area contributed by atoms with Crippen LogP contribution in [0.5, 0.6) is 0 Å². The van der Waals surface area contributed by atoms with Crippen LogP contribution in [0.15, 0.2) is 12.7 Å². The quantitative estimate of drug-likeness (QED) is 0.275. The first-order valence-corrected chi connectivity index (χ1v) is 7.14. The summed E-state index contributed by atoms with van der Waals surface area (Å²) in [6, 6.07) is 1.25. The Morgan fingerprint density at radius 2 is 2.23 bits per heavy atom. The van der Waals surface area contributed by atoms with E-state index in [1.165, 1.54) is 6.04 Å². The Morgan fingerprint density at radius 1 is 1.77 bits per heavy atom. The molecular formula is C5H15NaO4Si3. The van der Waals surface area contributed by atoms with Gasteiger partial charge in [-0.15, -0.1) is 0 Å². The van der Waals surface area contributed by atoms with Crippen molar-refractivity contribution in [1.82, 2.24) is 0 Å². The number of carbonyl (C=O) groups excluding carboxylic acids is 1. The second-order valence-electron chi connectivity index (χ2n) is 1.84. The van der Waals surface area contributed by atoms with E-state index in [0.717, 1.165) is 16.6 Å². The molecule has 8 heteroatoms. The Kier molecular flexibility index (Phi) is 27.6. The van der Waals surface area contributed by atoms with E-state index >= 15 is 0 Å². The van der Waals surface area contributed by atoms with E-state index in [-0.39, 0.29) is 39.3 Å². The van der Waals surface area contributed by atoms with Gasteiger partial charge in [-0.3, -0.25) is 0 Å². The summed E-state index contributed by atoms with van der Waals surface area (Å²) >= 11 is 0. The third-order valence-electron chi connectivity index (χ3n) is 0.716. The molecule has 0 saturated carbocycles. The Hall–Kier alpha value is 0.781. The van der Waals surface area contributed by atoms with Crippen LogP contribution in [0.2, 0.25) is 6.04 Å². The molecule has 0 radical (unpaired) electrons. The van der Waals surface area contributed by atoms with Crippen molar-refractivity contribution >= 4 is 36.2 Å². The molecule has 0 heterocycles. The van der Waals surface area contributed by atoms with Crippen molar-refractivity contribution in [3.63, 3.8) is 0 Å². The van der Waals surface area contributed by atoms with Crippen LogP contribution < -0.4 is 34.7 Å². The van der Waals surface area contributed by atoms with Gasteiger partial charge < -0.3 is 18.1 Å². The maximum Gasteiger partial charge on any atom is 1.00 e. The van der Waals surface area contributed by atoms with Crippen LogP contribution in [-0.2, 0) is 13.0 Å². The molecule has 0 unspecified atom stereocenters. The molecule has 0 aromatic heterocycles. The molecule has 0 aliphatic heterocycles. The van der Waals surface area contributed by atoms with Gasteiger partial charge in [0.05, 0.1) is 5.97 Å². The van der Waals surface area contributed by atoms with Gasteiger partial charge in [0.1, 0.15) is 20.2 Å². The maximum atomic E-state index is 9.14. The number of hydrogen-bond donors (Lipinski definition) is 0. The van der Waals surface area contributed by atoms with Crippen LogP contribution >= 0.6 is 0 Å². The molecule has 72 valence electrons. The molecule has 0 aliphatic carbocycles. The summed E-state index contributed by atoms with van der Waals surface area (Å²) in [6.45, 7) is 5.06. The molecular weight excluding hydrogens is 231 g/mol. The topological polar surface area (TPSA) is 58.6 Å². The Morgan fingerprint density at radius 3 is 2.46 bits per heavy atom. The van der Waals surface area contributed by atoms with Crippen LogP contribution in [0.4, 0.5) is 0 Å². The summed E-state index contributed by atoms with van der Waals surface area (Å²) in [5, 5.41) is 9.14. The fourth-order valence-electron chi connectivity index (χ4n) is 0.287. The number of carbonyl (C=O) groups is 1. The minimum absolute atomic E-state index is 0. The van der Waals surface area contributed by atoms with Crippen molar-refractivity contribution in [2.75, 3.05) is 0 Å². The molecule has 0 fully saturated rings. The molecule has 0 amide bonds. The number of rotatable bonds is 5. The zero-order valence-electron chi connectivity index (χ0n) is 8.54. The summed E-state index contributed by atoms with van der Waals surface area (Å²) in [7, 11) is 0.269. The summed E-state index contributed by atoms with van der Waals surface area (Å²) in [4.78, 5) is 9.14. The van der Waals surface area contributed by atoms with Crippen molar-refractivity contribution in [3.8, 4) is 0 Å². The van der Waals surface area contributed by atoms with Crippen LogP contribution in [0.1, 0.15) is 6.92 Å². The Balaban J connectivity index is -0.000000150. The first kappa shape index (κ1) is 19.4. The predicted molar refractivity (Wildman–Crippen MR) is 54.9 cm³/mol. The largest absolute Gasteiger partial charge is 1.00 e. The van der Waals surface area contributed by atoms with Crippen LogP contribution in [0.3, 0.4) is 0 Å². The Bertz CT molecular complexity index is 120. The fourth-order valence-corrected chi connectivity index (χ4v) is 4.08. The summed E-state index contributed by atoms with van der Waals surface area (Å²) in [6.07, 6.45) is 0.722. The number of aliphatic carboxylic acids is 1. The first-order valence-electron chi connectivity index (χ1n) is 3.59. The van der Waals surface area contributed by atoms with Gasteiger partial charge in [0.15, 0.2) is 0 Å². The number of carboxylic acids is 1. The molecule has 4 nitrogen and oxygen atoms in total. The van der Waals surface area contributed by atoms with Gasteiger partial charge in [-0.25, -0.2) is 0 Å². The smallest absolute Gasteiger partial charge is 0.545 e. The Labute approximate surface area is 109 Å². The summed E-state index contributed by atoms with van der Waals surface area (Å²) in [5.74, 6) is -1.23. The second-order valence-corrected chi connectivity index (χ2v) is 7.42. The van der Waals surface area contributed by atoms with E-state index < -0.39 is 16.0 Å². The van der Waals surface area contributed by atoms with Gasteiger partial charge in [0.25, 0.3) is 10.0 Å². The van der Waals surface area contributed by atoms with Crippen LogP contribution in [-0.4, -0.2) is 36.2 Å². The maximum absolute atomic E-state index is 9.14. The monoisotopic (exact) mass is 246 g/mol. The van der Waals surface area contributed by atoms with E-state index in [1.54, 1.807) is 0 Å². The fraction of sp³-hybridized carbons (Fsp3) is 0.400. The molecule has 0 spiro atoms. The number of carboxylic acid groups (broad SMARTS) is 1. The van der Waals surface area contributed by atoms with E-state index in [4.69, 9.17) is 18.1 Å². The third-order valence-corrected chi connectivity index (χ3v) is 3.89. The zero-order chi connectivity index (χ0) is 9.82. The predicted octanol–water partition coefficient (Wildman–Crippen LogP) is -6.25. The molecule has 0 aromatic rings. The van der Waals surface area contributed by atoms with Gasteiger partial charge in [0.2, 0.25) is 0 Å². The van der Waals surface area contributed by atoms with Crippen molar-refractivity contribution in [2.24, 2.45) is 0 Å². The molecule has 0 atom stereocenters. The molecule has 0 bridgehead atoms. The van der Waals surface area contributed by atoms with Gasteiger partial charge in [-0.1, -0.05) is 13.5 Å². The van der Waals surface area contributed by atoms with E-state index in [0.29, 0.717) is 0 Å². The zero-order valence-corrected chi connectivity index (χ0v) is 15.4. The average molecular weight is 246 g/mol. The molecule has 0 saturated heterocycles. The van der Waals surface area contributed by atoms with Crippen molar-refractivity contribution in [1.29, 1.82) is 0 Å². The van der Waals surface area contributed by atoms with Crippen LogP contribution in [0.25, 0.3) is 0 Å². The van der Waals surface area contributed by atoms with E-state index in [9.17, 15) is 0 Å². The van der Waals surface area contributed by atoms with Crippen molar-refractivity contribution in [3.05, 3.63) is 12.7 Å². The molecule has 0 aliphatic rings. The molecule has 0 rings (SSSR count). The second kappa shape index (κ2) is 18.5. The first-order chi connectivity index (χ1) is 5.68. The standard InChI is InChI=1S/C3H4O2.C2H12O2Si3.Na/c1-2-3(4)5;1-2-6-4-7-3-5;/h2H,1H2,(H,4,5);2,6-7H2,1,5H3;/q;;+1/p-1. The normalized spacial score (nSPS) is 9.62. The minimum atomic E-state index is -1.23. The molecule has 0 aromatic carbocycles. The summed E-state index contributed by atoms with van der Waals surface area (Å²) in [5.41, 5.74) is 0. The van der Waals surface area contributed by atoms with Crippen molar-refractivity contribution in [2.45, 2.75) is 13.0 Å². The van der Waals surface area contributed by atoms with Crippen LogP contribution in [0, 0.1) is 0 Å². The van der Waals surface area contributed by atoms with Crippen molar-refractivity contribution < 1.29 is 47.7 Å². The summed E-state index contributed by atoms with van der Waals surface area (Å²) < 4.78 is 10.2. The molecule has 13 heavy (non-hydrogen) atoms. The van der Waals surface area contributed by atoms with E-state index in [2.05, 4.69) is 13.5 Å². The minimum Gasteiger partial charge on any atom is -0.545 e. The van der Waals surface area contributed by atoms with E-state index in [1.807, 2.05) is 0 Å². The third kappa shape index (κ3) is 32.3. The van der Waals surface area contributed by atoms with Gasteiger partial charge in [0, 0.05) is 0 Å². The number of hydrogen-bond acceptors (Lipinski definition) is 4. The van der Waals surface area contributed by atoms with Gasteiger partial charge >= 0.3 is 29.6 Å². The van der Waals surface area contributed by atoms with Gasteiger partial charge in [-0.2, -0.15) is 0 Å². The average Bonchev–Trinajstić information content (AvgIpc) is 2.07. The van der Waals surface area contributed by atoms with Gasteiger partial charge in [-0.05, 0) is 12.1 Å². The molecule has 0 N–H and O–H groups in total. The SMILES string of the molecule is C=CC(=O)[O-].CC[SiH2]O[SiH2]O[SiH3].[Na+].